The van der Waals surface area contributed by atoms with Crippen molar-refractivity contribution in [3.63, 3.8) is 0 Å². The minimum absolute atomic E-state index is 0.446. The van der Waals surface area contributed by atoms with Crippen LogP contribution in [0.3, 0.4) is 0 Å². The van der Waals surface area contributed by atoms with E-state index in [1.165, 1.54) is 0 Å². The average Bonchev–Trinajstić information content (AvgIpc) is 2.16. The van der Waals surface area contributed by atoms with Crippen LogP contribution >= 0.6 is 0 Å². The number of benzene rings is 1. The molecule has 1 unspecified atom stereocenters. The summed E-state index contributed by atoms with van der Waals surface area (Å²) in [5.74, 6) is 1.16. The first-order valence-corrected chi connectivity index (χ1v) is 5.16. The predicted octanol–water partition coefficient (Wildman–Crippen LogP) is 2.36. The van der Waals surface area contributed by atoms with Crippen LogP contribution in [-0.4, -0.2) is 12.2 Å². The van der Waals surface area contributed by atoms with Gasteiger partial charge in [-0.25, -0.2) is 0 Å². The SMILES string of the molecule is COc1ccc(C(O)CC(C)C)c(N)c1. The van der Waals surface area contributed by atoms with Gasteiger partial charge in [-0.1, -0.05) is 19.9 Å². The number of aliphatic hydroxyl groups is 1. The van der Waals surface area contributed by atoms with Crippen molar-refractivity contribution in [3.05, 3.63) is 23.8 Å². The second kappa shape index (κ2) is 5.03. The van der Waals surface area contributed by atoms with Gasteiger partial charge < -0.3 is 15.6 Å². The fourth-order valence-electron chi connectivity index (χ4n) is 1.56. The molecule has 3 nitrogen and oxygen atoms in total. The van der Waals surface area contributed by atoms with Crippen LogP contribution in [-0.2, 0) is 0 Å². The Hall–Kier alpha value is -1.22. The van der Waals surface area contributed by atoms with Crippen molar-refractivity contribution in [1.29, 1.82) is 0 Å². The first-order chi connectivity index (χ1) is 7.04. The zero-order valence-electron chi connectivity index (χ0n) is 9.53. The smallest absolute Gasteiger partial charge is 0.120 e. The second-order valence-electron chi connectivity index (χ2n) is 4.14. The highest BCUT2D eigenvalue weighted by Gasteiger charge is 2.13. The third-order valence-corrected chi connectivity index (χ3v) is 2.35. The van der Waals surface area contributed by atoms with E-state index in [1.807, 2.05) is 12.1 Å². The molecule has 0 aromatic heterocycles. The largest absolute Gasteiger partial charge is 0.497 e. The van der Waals surface area contributed by atoms with Crippen LogP contribution in [0.4, 0.5) is 5.69 Å². The van der Waals surface area contributed by atoms with E-state index in [-0.39, 0.29) is 0 Å². The van der Waals surface area contributed by atoms with Crippen LogP contribution in [0.1, 0.15) is 31.9 Å². The van der Waals surface area contributed by atoms with E-state index < -0.39 is 6.10 Å². The van der Waals surface area contributed by atoms with E-state index in [4.69, 9.17) is 10.5 Å². The minimum atomic E-state index is -0.490. The van der Waals surface area contributed by atoms with Crippen LogP contribution in [0.2, 0.25) is 0 Å². The summed E-state index contributed by atoms with van der Waals surface area (Å²) >= 11 is 0. The maximum absolute atomic E-state index is 9.91. The molecule has 1 aromatic rings. The zero-order valence-corrected chi connectivity index (χ0v) is 9.53. The van der Waals surface area contributed by atoms with E-state index in [0.29, 0.717) is 17.4 Å². The molecule has 3 N–H and O–H groups in total. The van der Waals surface area contributed by atoms with E-state index in [2.05, 4.69) is 13.8 Å². The number of nitrogen functional groups attached to an aromatic ring is 1. The average molecular weight is 209 g/mol. The standard InChI is InChI=1S/C12H19NO2/c1-8(2)6-12(14)10-5-4-9(15-3)7-11(10)13/h4-5,7-8,12,14H,6,13H2,1-3H3. The lowest BCUT2D eigenvalue weighted by atomic mass is 9.98. The summed E-state index contributed by atoms with van der Waals surface area (Å²) in [6, 6.07) is 5.37. The Morgan fingerprint density at radius 3 is 2.53 bits per heavy atom. The first kappa shape index (κ1) is 11.9. The third kappa shape index (κ3) is 3.13. The lowest BCUT2D eigenvalue weighted by Gasteiger charge is -2.16. The first-order valence-electron chi connectivity index (χ1n) is 5.16. The normalized spacial score (nSPS) is 12.9. The fourth-order valence-corrected chi connectivity index (χ4v) is 1.56. The molecular weight excluding hydrogens is 190 g/mol. The molecule has 1 rings (SSSR count). The van der Waals surface area contributed by atoms with Crippen LogP contribution in [0.15, 0.2) is 18.2 Å². The molecule has 84 valence electrons. The molecule has 0 amide bonds. The molecule has 0 saturated carbocycles. The fraction of sp³-hybridized carbons (Fsp3) is 0.500. The van der Waals surface area contributed by atoms with Gasteiger partial charge in [0.05, 0.1) is 13.2 Å². The predicted molar refractivity (Wildman–Crippen MR) is 61.8 cm³/mol. The highest BCUT2D eigenvalue weighted by Crippen LogP contribution is 2.28. The van der Waals surface area contributed by atoms with Crippen molar-refractivity contribution in [3.8, 4) is 5.75 Å². The molecule has 0 spiro atoms. The Kier molecular flexibility index (Phi) is 3.97. The maximum Gasteiger partial charge on any atom is 0.120 e. The summed E-state index contributed by atoms with van der Waals surface area (Å²) in [6.45, 7) is 4.14. The molecule has 0 saturated heterocycles. The highest BCUT2D eigenvalue weighted by molar-refractivity contribution is 5.52. The lowest BCUT2D eigenvalue weighted by molar-refractivity contribution is 0.151. The number of rotatable bonds is 4. The molecule has 3 heteroatoms. The van der Waals surface area contributed by atoms with Crippen molar-refractivity contribution in [2.24, 2.45) is 5.92 Å². The van der Waals surface area contributed by atoms with Gasteiger partial charge in [-0.2, -0.15) is 0 Å². The van der Waals surface area contributed by atoms with Crippen LogP contribution in [0.5, 0.6) is 5.75 Å². The van der Waals surface area contributed by atoms with Crippen molar-refractivity contribution in [2.75, 3.05) is 12.8 Å². The summed E-state index contributed by atoms with van der Waals surface area (Å²) in [4.78, 5) is 0. The number of hydrogen-bond acceptors (Lipinski definition) is 3. The monoisotopic (exact) mass is 209 g/mol. The maximum atomic E-state index is 9.91. The summed E-state index contributed by atoms with van der Waals surface area (Å²) in [6.07, 6.45) is 0.229. The van der Waals surface area contributed by atoms with Crippen molar-refractivity contribution < 1.29 is 9.84 Å². The van der Waals surface area contributed by atoms with Crippen LogP contribution < -0.4 is 10.5 Å². The molecule has 0 fully saturated rings. The second-order valence-corrected chi connectivity index (χ2v) is 4.14. The van der Waals surface area contributed by atoms with Gasteiger partial charge in [0.15, 0.2) is 0 Å². The van der Waals surface area contributed by atoms with Gasteiger partial charge in [0.2, 0.25) is 0 Å². The van der Waals surface area contributed by atoms with Gasteiger partial charge in [0, 0.05) is 17.3 Å². The molecule has 0 aliphatic rings. The van der Waals surface area contributed by atoms with Crippen molar-refractivity contribution in [2.45, 2.75) is 26.4 Å². The van der Waals surface area contributed by atoms with Crippen LogP contribution in [0, 0.1) is 5.92 Å². The van der Waals surface area contributed by atoms with Crippen molar-refractivity contribution in [1.82, 2.24) is 0 Å². The number of hydrogen-bond donors (Lipinski definition) is 2. The molecule has 0 bridgehead atoms. The van der Waals surface area contributed by atoms with Gasteiger partial charge in [-0.15, -0.1) is 0 Å². The van der Waals surface area contributed by atoms with E-state index in [1.54, 1.807) is 13.2 Å². The van der Waals surface area contributed by atoms with E-state index in [9.17, 15) is 5.11 Å². The third-order valence-electron chi connectivity index (χ3n) is 2.35. The van der Waals surface area contributed by atoms with E-state index >= 15 is 0 Å². The molecule has 0 aliphatic heterocycles. The Morgan fingerprint density at radius 2 is 2.07 bits per heavy atom. The van der Waals surface area contributed by atoms with Gasteiger partial charge in [0.1, 0.15) is 5.75 Å². The number of methoxy groups -OCH3 is 1. The topological polar surface area (TPSA) is 55.5 Å². The van der Waals surface area contributed by atoms with Gasteiger partial charge >= 0.3 is 0 Å². The Balaban J connectivity index is 2.85. The number of ether oxygens (including phenoxy) is 1. The van der Waals surface area contributed by atoms with Gasteiger partial charge in [-0.05, 0) is 18.4 Å². The molecule has 0 radical (unpaired) electrons. The Morgan fingerprint density at radius 1 is 1.40 bits per heavy atom. The molecule has 1 aromatic carbocycles. The minimum Gasteiger partial charge on any atom is -0.497 e. The Bertz CT molecular complexity index is 323. The summed E-state index contributed by atoms with van der Waals surface area (Å²) in [5, 5.41) is 9.91. The van der Waals surface area contributed by atoms with Gasteiger partial charge in [0.25, 0.3) is 0 Å². The molecule has 0 heterocycles. The van der Waals surface area contributed by atoms with Crippen molar-refractivity contribution >= 4 is 5.69 Å². The number of nitrogens with two attached hydrogens (primary N) is 1. The summed E-state index contributed by atoms with van der Waals surface area (Å²) < 4.78 is 5.05. The zero-order chi connectivity index (χ0) is 11.4. The number of anilines is 1. The molecule has 1 atom stereocenters. The van der Waals surface area contributed by atoms with E-state index in [0.717, 1.165) is 12.0 Å². The van der Waals surface area contributed by atoms with Gasteiger partial charge in [-0.3, -0.25) is 0 Å². The summed E-state index contributed by atoms with van der Waals surface area (Å²) in [5.41, 5.74) is 7.20. The molecule has 0 aliphatic carbocycles. The lowest BCUT2D eigenvalue weighted by Crippen LogP contribution is -2.05. The molecular formula is C12H19NO2. The van der Waals surface area contributed by atoms with Crippen LogP contribution in [0.25, 0.3) is 0 Å². The Labute approximate surface area is 90.9 Å². The number of aliphatic hydroxyl groups excluding tert-OH is 1. The molecule has 15 heavy (non-hydrogen) atoms. The summed E-state index contributed by atoms with van der Waals surface area (Å²) in [7, 11) is 1.60. The highest BCUT2D eigenvalue weighted by atomic mass is 16.5. The quantitative estimate of drug-likeness (QED) is 0.748.